The van der Waals surface area contributed by atoms with E-state index in [9.17, 15) is 0 Å². The molecule has 2 aliphatic carbocycles. The predicted octanol–water partition coefficient (Wildman–Crippen LogP) is 8.76. The van der Waals surface area contributed by atoms with Crippen LogP contribution in [0, 0.1) is 17.2 Å². The van der Waals surface area contributed by atoms with Crippen molar-refractivity contribution in [3.8, 4) is 40.2 Å². The highest BCUT2D eigenvalue weighted by molar-refractivity contribution is 5.78. The van der Waals surface area contributed by atoms with Crippen LogP contribution in [0.2, 0.25) is 0 Å². The first-order valence-electron chi connectivity index (χ1n) is 13.2. The van der Waals surface area contributed by atoms with Crippen molar-refractivity contribution in [3.05, 3.63) is 155 Å². The highest BCUT2D eigenvalue weighted by atomic mass is 16.5. The molecule has 0 radical (unpaired) electrons. The first-order chi connectivity index (χ1) is 19.3. The quantitative estimate of drug-likeness (QED) is 0.243. The molecule has 8 rings (SSSR count). The molecule has 0 N–H and O–H groups in total. The Bertz CT molecular complexity index is 1870. The molecular formula is C36H23NO2. The summed E-state index contributed by atoms with van der Waals surface area (Å²) in [7, 11) is 0. The molecular weight excluding hydrogens is 478 g/mol. The van der Waals surface area contributed by atoms with Gasteiger partial charge in [-0.3, -0.25) is 0 Å². The minimum Gasteiger partial charge on any atom is -0.456 e. The van der Waals surface area contributed by atoms with Gasteiger partial charge in [0, 0.05) is 28.5 Å². The molecule has 4 aromatic carbocycles. The third kappa shape index (κ3) is 2.97. The molecule has 3 aliphatic rings. The molecule has 0 fully saturated rings. The van der Waals surface area contributed by atoms with E-state index in [1.54, 1.807) is 0 Å². The molecule has 184 valence electrons. The Morgan fingerprint density at radius 1 is 0.667 bits per heavy atom. The van der Waals surface area contributed by atoms with Crippen LogP contribution in [-0.4, -0.2) is 0 Å². The monoisotopic (exact) mass is 501 g/mol. The standard InChI is InChI=1S/C36H23NO2/c37-22-23-16-18-24(19-17-23)32-20-21-33(38-32)27-10-7-14-31-35(27)39-34-15-6-5-13-30(34)36(31)28-11-3-1-8-25(28)26-9-2-4-12-29(26)36/h1-21,25,28H. The summed E-state index contributed by atoms with van der Waals surface area (Å²) in [6.45, 7) is 0. The van der Waals surface area contributed by atoms with Gasteiger partial charge in [0.2, 0.25) is 0 Å². The summed E-state index contributed by atoms with van der Waals surface area (Å²) in [6, 6.07) is 37.4. The Labute approximate surface area is 226 Å². The zero-order valence-electron chi connectivity index (χ0n) is 21.0. The zero-order valence-corrected chi connectivity index (χ0v) is 21.0. The number of hydrogen-bond acceptors (Lipinski definition) is 3. The molecule has 0 bridgehead atoms. The molecule has 0 saturated heterocycles. The average molecular weight is 502 g/mol. The maximum absolute atomic E-state index is 9.16. The van der Waals surface area contributed by atoms with E-state index in [0.29, 0.717) is 11.5 Å². The van der Waals surface area contributed by atoms with Gasteiger partial charge in [-0.25, -0.2) is 0 Å². The third-order valence-electron chi connectivity index (χ3n) is 8.51. The van der Waals surface area contributed by atoms with Gasteiger partial charge in [-0.05, 0) is 59.7 Å². The Morgan fingerprint density at radius 2 is 1.41 bits per heavy atom. The second-order valence-electron chi connectivity index (χ2n) is 10.4. The fourth-order valence-corrected chi connectivity index (χ4v) is 6.93. The fraction of sp³-hybridized carbons (Fsp3) is 0.0833. The molecule has 0 amide bonds. The molecule has 1 aromatic heterocycles. The Hall–Kier alpha value is -5.07. The summed E-state index contributed by atoms with van der Waals surface area (Å²) in [5.74, 6) is 3.75. The summed E-state index contributed by atoms with van der Waals surface area (Å²) in [4.78, 5) is 0. The molecule has 0 saturated carbocycles. The van der Waals surface area contributed by atoms with E-state index in [4.69, 9.17) is 14.4 Å². The molecule has 2 heterocycles. The average Bonchev–Trinajstić information content (AvgIpc) is 3.60. The number of furan rings is 1. The summed E-state index contributed by atoms with van der Waals surface area (Å²) >= 11 is 0. The second kappa shape index (κ2) is 8.21. The van der Waals surface area contributed by atoms with E-state index in [1.807, 2.05) is 42.5 Å². The van der Waals surface area contributed by atoms with Crippen LogP contribution >= 0.6 is 0 Å². The summed E-state index contributed by atoms with van der Waals surface area (Å²) in [6.07, 6.45) is 9.08. The van der Waals surface area contributed by atoms with E-state index in [0.717, 1.165) is 39.7 Å². The van der Waals surface area contributed by atoms with E-state index < -0.39 is 0 Å². The van der Waals surface area contributed by atoms with Gasteiger partial charge in [0.05, 0.1) is 22.6 Å². The van der Waals surface area contributed by atoms with Crippen molar-refractivity contribution in [2.75, 3.05) is 0 Å². The van der Waals surface area contributed by atoms with Crippen molar-refractivity contribution in [3.63, 3.8) is 0 Å². The normalized spacial score (nSPS) is 21.4. The second-order valence-corrected chi connectivity index (χ2v) is 10.4. The zero-order chi connectivity index (χ0) is 26.0. The Kier molecular flexibility index (Phi) is 4.63. The lowest BCUT2D eigenvalue weighted by Crippen LogP contribution is -2.37. The van der Waals surface area contributed by atoms with Crippen LogP contribution in [-0.2, 0) is 5.41 Å². The van der Waals surface area contributed by atoms with E-state index in [-0.39, 0.29) is 11.3 Å². The molecule has 5 aromatic rings. The van der Waals surface area contributed by atoms with Crippen molar-refractivity contribution in [2.45, 2.75) is 11.3 Å². The first-order valence-corrected chi connectivity index (χ1v) is 13.2. The van der Waals surface area contributed by atoms with Crippen LogP contribution in [0.3, 0.4) is 0 Å². The predicted molar refractivity (Wildman–Crippen MR) is 152 cm³/mol. The van der Waals surface area contributed by atoms with Crippen molar-refractivity contribution >= 4 is 0 Å². The van der Waals surface area contributed by atoms with Gasteiger partial charge >= 0.3 is 0 Å². The van der Waals surface area contributed by atoms with E-state index in [1.165, 1.54) is 16.7 Å². The van der Waals surface area contributed by atoms with Crippen LogP contribution < -0.4 is 4.74 Å². The molecule has 1 aliphatic heterocycles. The van der Waals surface area contributed by atoms with Gasteiger partial charge in [-0.1, -0.05) is 78.9 Å². The molecule has 1 spiro atoms. The van der Waals surface area contributed by atoms with Gasteiger partial charge in [-0.15, -0.1) is 0 Å². The maximum Gasteiger partial charge on any atom is 0.142 e. The lowest BCUT2D eigenvalue weighted by atomic mass is 9.61. The number of nitriles is 1. The molecule has 3 atom stereocenters. The van der Waals surface area contributed by atoms with Gasteiger partial charge in [0.15, 0.2) is 0 Å². The number of para-hydroxylation sites is 2. The number of benzene rings is 4. The molecule has 3 heteroatoms. The van der Waals surface area contributed by atoms with Crippen LogP contribution in [0.5, 0.6) is 11.5 Å². The van der Waals surface area contributed by atoms with Crippen LogP contribution in [0.1, 0.15) is 33.7 Å². The van der Waals surface area contributed by atoms with Crippen LogP contribution in [0.4, 0.5) is 0 Å². The largest absolute Gasteiger partial charge is 0.456 e. The SMILES string of the molecule is N#Cc1ccc(-c2ccc(-c3cccc4c3Oc3ccccc3C43c4ccccc4C4C=CC=CC43)o2)cc1. The van der Waals surface area contributed by atoms with Gasteiger partial charge in [-0.2, -0.15) is 5.26 Å². The summed E-state index contributed by atoms with van der Waals surface area (Å²) < 4.78 is 13.2. The van der Waals surface area contributed by atoms with Gasteiger partial charge in [0.25, 0.3) is 0 Å². The number of ether oxygens (including phenoxy) is 1. The topological polar surface area (TPSA) is 46.2 Å². The molecule has 3 unspecified atom stereocenters. The number of allylic oxidation sites excluding steroid dienone is 4. The maximum atomic E-state index is 9.16. The van der Waals surface area contributed by atoms with Crippen LogP contribution in [0.15, 0.2) is 132 Å². The minimum absolute atomic E-state index is 0.227. The first kappa shape index (κ1) is 22.0. The molecule has 3 nitrogen and oxygen atoms in total. The lowest BCUT2D eigenvalue weighted by Gasteiger charge is -2.43. The number of nitrogens with zero attached hydrogens (tertiary/aromatic N) is 1. The molecule has 39 heavy (non-hydrogen) atoms. The van der Waals surface area contributed by atoms with E-state index in [2.05, 4.69) is 91.0 Å². The Morgan fingerprint density at radius 3 is 2.28 bits per heavy atom. The van der Waals surface area contributed by atoms with Crippen molar-refractivity contribution in [2.24, 2.45) is 5.92 Å². The highest BCUT2D eigenvalue weighted by Gasteiger charge is 2.56. The van der Waals surface area contributed by atoms with Crippen LogP contribution in [0.25, 0.3) is 22.6 Å². The summed E-state index contributed by atoms with van der Waals surface area (Å²) in [5, 5.41) is 9.16. The summed E-state index contributed by atoms with van der Waals surface area (Å²) in [5.41, 5.74) is 7.17. The van der Waals surface area contributed by atoms with Gasteiger partial charge < -0.3 is 9.15 Å². The van der Waals surface area contributed by atoms with E-state index >= 15 is 0 Å². The number of fused-ring (bicyclic) bond motifs is 9. The van der Waals surface area contributed by atoms with Crippen molar-refractivity contribution in [1.29, 1.82) is 5.26 Å². The highest BCUT2D eigenvalue weighted by Crippen LogP contribution is 2.65. The third-order valence-corrected chi connectivity index (χ3v) is 8.51. The smallest absolute Gasteiger partial charge is 0.142 e. The fourth-order valence-electron chi connectivity index (χ4n) is 6.93. The van der Waals surface area contributed by atoms with Crippen molar-refractivity contribution < 1.29 is 9.15 Å². The lowest BCUT2D eigenvalue weighted by molar-refractivity contribution is 0.374. The van der Waals surface area contributed by atoms with Gasteiger partial charge in [0.1, 0.15) is 23.0 Å². The van der Waals surface area contributed by atoms with Crippen molar-refractivity contribution in [1.82, 2.24) is 0 Å². The minimum atomic E-state index is -0.384. The number of hydrogen-bond donors (Lipinski definition) is 0. The Balaban J connectivity index is 1.36. The number of rotatable bonds is 2.